The summed E-state index contributed by atoms with van der Waals surface area (Å²) in [5.41, 5.74) is 5.72. The van der Waals surface area contributed by atoms with Crippen LogP contribution in [0.15, 0.2) is 24.4 Å². The van der Waals surface area contributed by atoms with Crippen LogP contribution < -0.4 is 21.1 Å². The van der Waals surface area contributed by atoms with E-state index in [1.807, 2.05) is 6.92 Å². The number of anilines is 2. The second-order valence-electron chi connectivity index (χ2n) is 6.63. The van der Waals surface area contributed by atoms with Crippen molar-refractivity contribution in [2.24, 2.45) is 12.8 Å². The zero-order valence-electron chi connectivity index (χ0n) is 16.4. The highest BCUT2D eigenvalue weighted by atomic mass is 19.4. The van der Waals surface area contributed by atoms with Crippen LogP contribution in [-0.2, 0) is 13.2 Å². The first-order chi connectivity index (χ1) is 14.1. The summed E-state index contributed by atoms with van der Waals surface area (Å²) in [6.07, 6.45) is -3.13. The largest absolute Gasteiger partial charge is 0.467 e. The van der Waals surface area contributed by atoms with E-state index in [9.17, 15) is 18.0 Å². The van der Waals surface area contributed by atoms with Crippen molar-refractivity contribution in [2.45, 2.75) is 19.1 Å². The van der Waals surface area contributed by atoms with Crippen molar-refractivity contribution in [1.29, 1.82) is 0 Å². The molecule has 4 N–H and O–H groups in total. The summed E-state index contributed by atoms with van der Waals surface area (Å²) in [7, 11) is 2.68. The quantitative estimate of drug-likeness (QED) is 0.557. The number of fused-ring (bicyclic) bond motifs is 1. The third kappa shape index (κ3) is 4.43. The Balaban J connectivity index is 1.99. The molecule has 3 rings (SSSR count). The monoisotopic (exact) mass is 423 g/mol. The summed E-state index contributed by atoms with van der Waals surface area (Å²) >= 11 is 0. The number of hydrogen-bond acceptors (Lipinski definition) is 7. The number of halogens is 3. The van der Waals surface area contributed by atoms with Gasteiger partial charge in [0.1, 0.15) is 5.82 Å². The summed E-state index contributed by atoms with van der Waals surface area (Å²) in [5.74, 6) is -0.767. The number of hydrogen-bond donors (Lipinski definition) is 3. The first kappa shape index (κ1) is 21.3. The molecule has 2 aromatic heterocycles. The molecule has 12 heteroatoms. The number of amides is 1. The van der Waals surface area contributed by atoms with Gasteiger partial charge in [-0.1, -0.05) is 0 Å². The van der Waals surface area contributed by atoms with E-state index < -0.39 is 17.8 Å². The molecule has 0 aliphatic rings. The second kappa shape index (κ2) is 8.14. The number of nitrogens with zero attached hydrogens (tertiary/aromatic N) is 4. The van der Waals surface area contributed by atoms with Crippen molar-refractivity contribution < 1.29 is 22.7 Å². The van der Waals surface area contributed by atoms with Gasteiger partial charge in [-0.05, 0) is 19.1 Å². The van der Waals surface area contributed by atoms with Crippen LogP contribution in [-0.4, -0.2) is 45.4 Å². The van der Waals surface area contributed by atoms with Gasteiger partial charge in [0, 0.05) is 43.0 Å². The molecule has 1 aromatic carbocycles. The van der Waals surface area contributed by atoms with Crippen LogP contribution in [0.2, 0.25) is 0 Å². The van der Waals surface area contributed by atoms with Crippen LogP contribution in [0, 0.1) is 0 Å². The van der Waals surface area contributed by atoms with Crippen molar-refractivity contribution in [3.63, 3.8) is 0 Å². The highest BCUT2D eigenvalue weighted by Crippen LogP contribution is 2.30. The molecule has 0 unspecified atom stereocenters. The molecular weight excluding hydrogens is 403 g/mol. The minimum absolute atomic E-state index is 0.0424. The summed E-state index contributed by atoms with van der Waals surface area (Å²) in [6.45, 7) is 2.31. The first-order valence-corrected chi connectivity index (χ1v) is 8.86. The Morgan fingerprint density at radius 1 is 1.37 bits per heavy atom. The van der Waals surface area contributed by atoms with Gasteiger partial charge in [-0.15, -0.1) is 0 Å². The van der Waals surface area contributed by atoms with Gasteiger partial charge in [-0.2, -0.15) is 23.3 Å². The predicted molar refractivity (Wildman–Crippen MR) is 104 cm³/mol. The molecule has 160 valence electrons. The fourth-order valence-electron chi connectivity index (χ4n) is 2.72. The number of aromatic nitrogens is 4. The van der Waals surface area contributed by atoms with Crippen LogP contribution in [0.4, 0.5) is 24.7 Å². The molecule has 0 bridgehead atoms. The number of rotatable bonds is 6. The van der Waals surface area contributed by atoms with Crippen molar-refractivity contribution in [1.82, 2.24) is 19.7 Å². The Bertz CT molecular complexity index is 1080. The van der Waals surface area contributed by atoms with Crippen molar-refractivity contribution in [2.75, 3.05) is 24.3 Å². The number of aryl methyl sites for hydroxylation is 1. The lowest BCUT2D eigenvalue weighted by Crippen LogP contribution is -2.25. The maximum atomic E-state index is 12.9. The predicted octanol–water partition coefficient (Wildman–Crippen LogP) is 2.40. The average Bonchev–Trinajstić information content (AvgIpc) is 3.06. The van der Waals surface area contributed by atoms with Crippen LogP contribution in [0.25, 0.3) is 10.9 Å². The van der Waals surface area contributed by atoms with E-state index in [-0.39, 0.29) is 29.0 Å². The van der Waals surface area contributed by atoms with Gasteiger partial charge in [0.25, 0.3) is 5.91 Å². The first-order valence-electron chi connectivity index (χ1n) is 8.86. The van der Waals surface area contributed by atoms with Gasteiger partial charge >= 0.3 is 12.2 Å². The van der Waals surface area contributed by atoms with E-state index in [4.69, 9.17) is 10.5 Å². The lowest BCUT2D eigenvalue weighted by molar-refractivity contribution is -0.141. The number of nitrogens with two attached hydrogens (primary N) is 1. The van der Waals surface area contributed by atoms with E-state index in [0.29, 0.717) is 17.6 Å². The summed E-state index contributed by atoms with van der Waals surface area (Å²) in [5, 5.41) is 9.51. The molecule has 0 saturated carbocycles. The Morgan fingerprint density at radius 3 is 2.70 bits per heavy atom. The standard InChI is InChI=1S/C18H20F3N7O2/c1-9(22)7-23-12-5-4-10(15-11(12)8-24-17(26-15)30-3)16(29)25-14-6-13(18(19,20)21)27-28(14)2/h4-6,8-9,23H,7,22H2,1-3H3,(H,25,29)/t9-/m0/s1. The number of methoxy groups -OCH3 is 1. The van der Waals surface area contributed by atoms with Gasteiger partial charge < -0.3 is 21.1 Å². The van der Waals surface area contributed by atoms with Gasteiger partial charge in [0.2, 0.25) is 0 Å². The average molecular weight is 423 g/mol. The molecular formula is C18H20F3N7O2. The van der Waals surface area contributed by atoms with Gasteiger partial charge in [-0.3, -0.25) is 9.48 Å². The topological polar surface area (TPSA) is 120 Å². The zero-order chi connectivity index (χ0) is 22.1. The van der Waals surface area contributed by atoms with Gasteiger partial charge in [-0.25, -0.2) is 4.98 Å². The lowest BCUT2D eigenvalue weighted by atomic mass is 10.1. The molecule has 9 nitrogen and oxygen atoms in total. The third-order valence-electron chi connectivity index (χ3n) is 4.18. The van der Waals surface area contributed by atoms with E-state index >= 15 is 0 Å². The van der Waals surface area contributed by atoms with Crippen LogP contribution in [0.1, 0.15) is 23.0 Å². The molecule has 2 heterocycles. The van der Waals surface area contributed by atoms with Crippen molar-refractivity contribution in [3.05, 3.63) is 35.7 Å². The van der Waals surface area contributed by atoms with E-state index in [1.54, 1.807) is 6.07 Å². The summed E-state index contributed by atoms with van der Waals surface area (Å²) in [6, 6.07) is 3.85. The highest BCUT2D eigenvalue weighted by molar-refractivity contribution is 6.13. The van der Waals surface area contributed by atoms with Crippen molar-refractivity contribution >= 4 is 28.3 Å². The van der Waals surface area contributed by atoms with Crippen molar-refractivity contribution in [3.8, 4) is 6.01 Å². The Hall–Kier alpha value is -3.41. The minimum Gasteiger partial charge on any atom is -0.467 e. The number of nitrogens with one attached hydrogen (secondary N) is 2. The smallest absolute Gasteiger partial charge is 0.435 e. The van der Waals surface area contributed by atoms with E-state index in [1.165, 1.54) is 26.4 Å². The van der Waals surface area contributed by atoms with E-state index in [0.717, 1.165) is 10.7 Å². The van der Waals surface area contributed by atoms with Gasteiger partial charge in [0.15, 0.2) is 5.69 Å². The van der Waals surface area contributed by atoms with Crippen LogP contribution in [0.3, 0.4) is 0 Å². The molecule has 0 saturated heterocycles. The molecule has 0 radical (unpaired) electrons. The zero-order valence-corrected chi connectivity index (χ0v) is 16.4. The van der Waals surface area contributed by atoms with Crippen LogP contribution >= 0.6 is 0 Å². The number of carbonyl (C=O) groups is 1. The summed E-state index contributed by atoms with van der Waals surface area (Å²) in [4.78, 5) is 21.2. The highest BCUT2D eigenvalue weighted by Gasteiger charge is 2.35. The third-order valence-corrected chi connectivity index (χ3v) is 4.18. The molecule has 0 fully saturated rings. The van der Waals surface area contributed by atoms with Crippen LogP contribution in [0.5, 0.6) is 6.01 Å². The fourth-order valence-corrected chi connectivity index (χ4v) is 2.72. The minimum atomic E-state index is -4.62. The molecule has 0 aliphatic carbocycles. The molecule has 1 atom stereocenters. The Kier molecular flexibility index (Phi) is 5.78. The molecule has 30 heavy (non-hydrogen) atoms. The number of benzene rings is 1. The fraction of sp³-hybridized carbons (Fsp3) is 0.333. The number of carbonyl (C=O) groups excluding carboxylic acids is 1. The molecule has 0 aliphatic heterocycles. The molecule has 3 aromatic rings. The summed E-state index contributed by atoms with van der Waals surface area (Å²) < 4.78 is 44.6. The second-order valence-corrected chi connectivity index (χ2v) is 6.63. The normalized spacial score (nSPS) is 12.6. The SMILES string of the molecule is COc1ncc2c(NC[C@H](C)N)ccc(C(=O)Nc3cc(C(F)(F)F)nn3C)c2n1. The molecule has 0 spiro atoms. The molecule has 1 amide bonds. The number of alkyl halides is 3. The maximum absolute atomic E-state index is 12.9. The Morgan fingerprint density at radius 2 is 2.10 bits per heavy atom. The Labute approximate surface area is 169 Å². The van der Waals surface area contributed by atoms with Gasteiger partial charge in [0.05, 0.1) is 18.2 Å². The maximum Gasteiger partial charge on any atom is 0.435 e. The van der Waals surface area contributed by atoms with E-state index in [2.05, 4.69) is 25.7 Å². The number of ether oxygens (including phenoxy) is 1. The lowest BCUT2D eigenvalue weighted by Gasteiger charge is -2.14.